The molecular formula is C6H15IS. The lowest BCUT2D eigenvalue weighted by molar-refractivity contribution is 0.632. The molecule has 0 aliphatic rings. The van der Waals surface area contributed by atoms with E-state index in [1.54, 1.807) is 0 Å². The van der Waals surface area contributed by atoms with Gasteiger partial charge in [-0.15, -0.1) is 24.0 Å². The molecule has 0 atom stereocenters. The van der Waals surface area contributed by atoms with Crippen molar-refractivity contribution in [2.75, 3.05) is 0 Å². The maximum Gasteiger partial charge on any atom is 0.00730 e. The molecule has 0 radical (unpaired) electrons. The summed E-state index contributed by atoms with van der Waals surface area (Å²) in [4.78, 5) is 0. The summed E-state index contributed by atoms with van der Waals surface area (Å²) in [6, 6.07) is 0. The Balaban J connectivity index is 0. The van der Waals surface area contributed by atoms with Gasteiger partial charge in [0.1, 0.15) is 0 Å². The standard InChI is InChI=1S/C6H14S.HI/c1-4-5-6(2,3)7;/h7H,4-5H2,1-3H3;1H. The van der Waals surface area contributed by atoms with Gasteiger partial charge in [-0.2, -0.15) is 12.6 Å². The van der Waals surface area contributed by atoms with Crippen molar-refractivity contribution in [3.63, 3.8) is 0 Å². The predicted molar refractivity (Wildman–Crippen MR) is 53.4 cm³/mol. The fourth-order valence-corrected chi connectivity index (χ4v) is 0.835. The zero-order chi connectivity index (χ0) is 5.91. The monoisotopic (exact) mass is 246 g/mol. The van der Waals surface area contributed by atoms with Gasteiger partial charge in [0.25, 0.3) is 0 Å². The topological polar surface area (TPSA) is 0 Å². The van der Waals surface area contributed by atoms with Crippen LogP contribution < -0.4 is 0 Å². The van der Waals surface area contributed by atoms with Gasteiger partial charge in [-0.25, -0.2) is 0 Å². The highest BCUT2D eigenvalue weighted by molar-refractivity contribution is 14.0. The van der Waals surface area contributed by atoms with E-state index in [0.29, 0.717) is 0 Å². The van der Waals surface area contributed by atoms with E-state index in [1.165, 1.54) is 12.8 Å². The summed E-state index contributed by atoms with van der Waals surface area (Å²) in [5, 5.41) is 0. The highest BCUT2D eigenvalue weighted by atomic mass is 127. The summed E-state index contributed by atoms with van der Waals surface area (Å²) in [7, 11) is 0. The van der Waals surface area contributed by atoms with Crippen molar-refractivity contribution in [1.29, 1.82) is 0 Å². The largest absolute Gasteiger partial charge is 0.173 e. The van der Waals surface area contributed by atoms with Gasteiger partial charge in [-0.3, -0.25) is 0 Å². The molecule has 0 aliphatic heterocycles. The molecule has 0 saturated carbocycles. The van der Waals surface area contributed by atoms with Crippen LogP contribution in [0.3, 0.4) is 0 Å². The van der Waals surface area contributed by atoms with Gasteiger partial charge in [0.15, 0.2) is 0 Å². The number of rotatable bonds is 2. The summed E-state index contributed by atoms with van der Waals surface area (Å²) >= 11 is 4.33. The number of hydrogen-bond acceptors (Lipinski definition) is 1. The van der Waals surface area contributed by atoms with Crippen LogP contribution in [0.1, 0.15) is 33.6 Å². The first-order chi connectivity index (χ1) is 3.06. The SMILES string of the molecule is CCCC(C)(C)S.I. The Morgan fingerprint density at radius 1 is 1.38 bits per heavy atom. The molecular weight excluding hydrogens is 231 g/mol. The normalized spacial score (nSPS) is 10.5. The molecule has 0 N–H and O–H groups in total. The third-order valence-electron chi connectivity index (χ3n) is 0.862. The van der Waals surface area contributed by atoms with Crippen LogP contribution in [0.15, 0.2) is 0 Å². The third-order valence-corrected chi connectivity index (χ3v) is 1.09. The minimum atomic E-state index is 0. The molecule has 0 fully saturated rings. The Labute approximate surface area is 74.9 Å². The van der Waals surface area contributed by atoms with Gasteiger partial charge in [-0.05, 0) is 6.42 Å². The number of halogens is 1. The van der Waals surface area contributed by atoms with Crippen LogP contribution in [0.5, 0.6) is 0 Å². The molecule has 0 aromatic rings. The van der Waals surface area contributed by atoms with Crippen LogP contribution in [0.2, 0.25) is 0 Å². The zero-order valence-corrected chi connectivity index (χ0v) is 8.99. The Hall–Kier alpha value is 1.08. The summed E-state index contributed by atoms with van der Waals surface area (Å²) in [5.41, 5.74) is 0. The van der Waals surface area contributed by atoms with Gasteiger partial charge in [-0.1, -0.05) is 27.2 Å². The van der Waals surface area contributed by atoms with E-state index in [0.717, 1.165) is 0 Å². The summed E-state index contributed by atoms with van der Waals surface area (Å²) < 4.78 is 0.245. The fraction of sp³-hybridized carbons (Fsp3) is 1.00. The van der Waals surface area contributed by atoms with Crippen LogP contribution in [0.4, 0.5) is 0 Å². The van der Waals surface area contributed by atoms with Crippen LogP contribution in [0, 0.1) is 0 Å². The molecule has 0 rings (SSSR count). The molecule has 0 saturated heterocycles. The maximum absolute atomic E-state index is 4.33. The van der Waals surface area contributed by atoms with E-state index in [2.05, 4.69) is 33.4 Å². The molecule has 0 bridgehead atoms. The molecule has 0 amide bonds. The van der Waals surface area contributed by atoms with E-state index in [1.807, 2.05) is 0 Å². The summed E-state index contributed by atoms with van der Waals surface area (Å²) in [6.45, 7) is 6.46. The van der Waals surface area contributed by atoms with Crippen LogP contribution >= 0.6 is 36.6 Å². The number of hydrogen-bond donors (Lipinski definition) is 1. The second kappa shape index (κ2) is 4.91. The van der Waals surface area contributed by atoms with Crippen molar-refractivity contribution in [3.05, 3.63) is 0 Å². The van der Waals surface area contributed by atoms with E-state index in [4.69, 9.17) is 0 Å². The Kier molecular flexibility index (Phi) is 7.26. The van der Waals surface area contributed by atoms with E-state index >= 15 is 0 Å². The molecule has 8 heavy (non-hydrogen) atoms. The lowest BCUT2D eigenvalue weighted by atomic mass is 10.1. The number of thiol groups is 1. The van der Waals surface area contributed by atoms with E-state index in [-0.39, 0.29) is 28.7 Å². The first kappa shape index (κ1) is 11.8. The lowest BCUT2D eigenvalue weighted by Crippen LogP contribution is -2.08. The molecule has 0 heterocycles. The molecule has 52 valence electrons. The van der Waals surface area contributed by atoms with Crippen molar-refractivity contribution >= 4 is 36.6 Å². The van der Waals surface area contributed by atoms with Gasteiger partial charge in [0, 0.05) is 4.75 Å². The lowest BCUT2D eigenvalue weighted by Gasteiger charge is -2.14. The van der Waals surface area contributed by atoms with Gasteiger partial charge in [0.2, 0.25) is 0 Å². The quantitative estimate of drug-likeness (QED) is 0.561. The predicted octanol–water partition coefficient (Wildman–Crippen LogP) is 3.11. The zero-order valence-electron chi connectivity index (χ0n) is 5.77. The first-order valence-corrected chi connectivity index (χ1v) is 3.23. The minimum absolute atomic E-state index is 0. The van der Waals surface area contributed by atoms with Crippen molar-refractivity contribution in [3.8, 4) is 0 Å². The molecule has 0 aromatic heterocycles. The van der Waals surface area contributed by atoms with E-state index in [9.17, 15) is 0 Å². The molecule has 0 aromatic carbocycles. The molecule has 2 heteroatoms. The minimum Gasteiger partial charge on any atom is -0.173 e. The smallest absolute Gasteiger partial charge is 0.00730 e. The Morgan fingerprint density at radius 3 is 1.75 bits per heavy atom. The summed E-state index contributed by atoms with van der Waals surface area (Å²) in [5.74, 6) is 0. The second-order valence-electron chi connectivity index (χ2n) is 2.56. The average Bonchev–Trinajstić information content (AvgIpc) is 1.30. The average molecular weight is 246 g/mol. The van der Waals surface area contributed by atoms with Gasteiger partial charge < -0.3 is 0 Å². The molecule has 0 unspecified atom stereocenters. The van der Waals surface area contributed by atoms with E-state index < -0.39 is 0 Å². The van der Waals surface area contributed by atoms with Crippen LogP contribution in [-0.4, -0.2) is 4.75 Å². The Morgan fingerprint density at radius 2 is 1.75 bits per heavy atom. The highest BCUT2D eigenvalue weighted by Gasteiger charge is 2.07. The van der Waals surface area contributed by atoms with Gasteiger partial charge in [0.05, 0.1) is 0 Å². The highest BCUT2D eigenvalue weighted by Crippen LogP contribution is 2.17. The van der Waals surface area contributed by atoms with Crippen LogP contribution in [-0.2, 0) is 0 Å². The van der Waals surface area contributed by atoms with Crippen molar-refractivity contribution < 1.29 is 0 Å². The van der Waals surface area contributed by atoms with Gasteiger partial charge >= 0.3 is 0 Å². The van der Waals surface area contributed by atoms with Crippen molar-refractivity contribution in [2.45, 2.75) is 38.4 Å². The molecule has 0 spiro atoms. The molecule has 0 aliphatic carbocycles. The summed E-state index contributed by atoms with van der Waals surface area (Å²) in [6.07, 6.45) is 2.44. The van der Waals surface area contributed by atoms with Crippen LogP contribution in [0.25, 0.3) is 0 Å². The molecule has 0 nitrogen and oxygen atoms in total. The first-order valence-electron chi connectivity index (χ1n) is 2.78. The second-order valence-corrected chi connectivity index (χ2v) is 3.77. The van der Waals surface area contributed by atoms with Crippen molar-refractivity contribution in [1.82, 2.24) is 0 Å². The third kappa shape index (κ3) is 10.1. The fourth-order valence-electron chi connectivity index (χ4n) is 0.612. The van der Waals surface area contributed by atoms with Crippen molar-refractivity contribution in [2.24, 2.45) is 0 Å². The maximum atomic E-state index is 4.33. The Bertz CT molecular complexity index is 47.0.